The van der Waals surface area contributed by atoms with Crippen molar-refractivity contribution < 1.29 is 8.42 Å². The normalized spacial score (nSPS) is 20.7. The molecule has 0 amide bonds. The first-order valence-electron chi connectivity index (χ1n) is 7.02. The van der Waals surface area contributed by atoms with Crippen molar-refractivity contribution in [3.05, 3.63) is 28.8 Å². The Bertz CT molecular complexity index is 620. The van der Waals surface area contributed by atoms with E-state index in [0.717, 1.165) is 19.4 Å². The second-order valence-corrected chi connectivity index (χ2v) is 7.78. The maximum absolute atomic E-state index is 11.6. The van der Waals surface area contributed by atoms with Crippen LogP contribution in [0.3, 0.4) is 0 Å². The fourth-order valence-electron chi connectivity index (χ4n) is 3.24. The average molecular weight is 295 g/mol. The topological polar surface area (TPSA) is 61.4 Å². The predicted octanol–water partition coefficient (Wildman–Crippen LogP) is 1.56. The van der Waals surface area contributed by atoms with E-state index in [2.05, 4.69) is 29.9 Å². The summed E-state index contributed by atoms with van der Waals surface area (Å²) in [7, 11) is -3.04. The van der Waals surface area contributed by atoms with Gasteiger partial charge in [-0.2, -0.15) is 0 Å². The van der Waals surface area contributed by atoms with Crippen LogP contribution in [0.1, 0.15) is 35.4 Å². The number of rotatable bonds is 2. The maximum atomic E-state index is 11.6. The molecule has 2 N–H and O–H groups in total. The molecule has 6 heteroatoms. The number of nitrogens with zero attached hydrogens (tertiary/aromatic N) is 1. The molecule has 1 aromatic carbocycles. The Morgan fingerprint density at radius 1 is 1.25 bits per heavy atom. The highest BCUT2D eigenvalue weighted by Crippen LogP contribution is 2.36. The van der Waals surface area contributed by atoms with Gasteiger partial charge in [-0.15, -0.1) is 0 Å². The Labute approximate surface area is 120 Å². The highest BCUT2D eigenvalue weighted by Gasteiger charge is 2.28. The number of anilines is 1. The summed E-state index contributed by atoms with van der Waals surface area (Å²) >= 11 is 0. The Kier molecular flexibility index (Phi) is 3.48. The molecule has 0 aromatic heterocycles. The molecule has 3 rings (SSSR count). The Morgan fingerprint density at radius 2 is 1.95 bits per heavy atom. The van der Waals surface area contributed by atoms with E-state index in [0.29, 0.717) is 19.0 Å². The summed E-state index contributed by atoms with van der Waals surface area (Å²) in [6.45, 7) is 4.22. The molecule has 20 heavy (non-hydrogen) atoms. The van der Waals surface area contributed by atoms with Crippen molar-refractivity contribution in [2.45, 2.75) is 32.2 Å². The Hall–Kier alpha value is -1.11. The van der Waals surface area contributed by atoms with E-state index < -0.39 is 10.0 Å². The van der Waals surface area contributed by atoms with Crippen molar-refractivity contribution in [3.8, 4) is 0 Å². The monoisotopic (exact) mass is 295 g/mol. The van der Waals surface area contributed by atoms with Crippen LogP contribution >= 0.6 is 0 Å². The van der Waals surface area contributed by atoms with E-state index in [9.17, 15) is 8.42 Å². The summed E-state index contributed by atoms with van der Waals surface area (Å²) < 4.78 is 24.7. The molecule has 2 heterocycles. The zero-order valence-electron chi connectivity index (χ0n) is 11.9. The number of hydrogen-bond acceptors (Lipinski definition) is 4. The van der Waals surface area contributed by atoms with Gasteiger partial charge in [-0.3, -0.25) is 0 Å². The zero-order valence-corrected chi connectivity index (χ0v) is 12.8. The molecule has 0 saturated carbocycles. The molecule has 1 aromatic rings. The molecule has 5 nitrogen and oxygen atoms in total. The molecular weight excluding hydrogens is 274 g/mol. The van der Waals surface area contributed by atoms with Crippen LogP contribution in [0.5, 0.6) is 0 Å². The van der Waals surface area contributed by atoms with Gasteiger partial charge in [0.05, 0.1) is 11.9 Å². The largest absolute Gasteiger partial charge is 0.321 e. The van der Waals surface area contributed by atoms with E-state index in [1.54, 1.807) is 4.31 Å². The minimum absolute atomic E-state index is 0.461. The minimum atomic E-state index is -3.04. The van der Waals surface area contributed by atoms with Gasteiger partial charge in [-0.05, 0) is 48.4 Å². The van der Waals surface area contributed by atoms with Crippen LogP contribution < -0.4 is 10.9 Å². The van der Waals surface area contributed by atoms with Crippen molar-refractivity contribution in [1.82, 2.24) is 9.73 Å². The minimum Gasteiger partial charge on any atom is -0.321 e. The first-order valence-corrected chi connectivity index (χ1v) is 8.87. The summed E-state index contributed by atoms with van der Waals surface area (Å²) in [5.41, 5.74) is 11.5. The molecule has 0 radical (unpaired) electrons. The van der Waals surface area contributed by atoms with E-state index in [4.69, 9.17) is 0 Å². The summed E-state index contributed by atoms with van der Waals surface area (Å²) in [5.74, 6) is 0.461. The van der Waals surface area contributed by atoms with Gasteiger partial charge in [0.1, 0.15) is 0 Å². The van der Waals surface area contributed by atoms with Crippen LogP contribution in [0.4, 0.5) is 5.69 Å². The zero-order chi connectivity index (χ0) is 14.3. The quantitative estimate of drug-likeness (QED) is 0.869. The summed E-state index contributed by atoms with van der Waals surface area (Å²) in [6.07, 6.45) is 3.11. The van der Waals surface area contributed by atoms with Crippen LogP contribution in [0, 0.1) is 6.92 Å². The highest BCUT2D eigenvalue weighted by atomic mass is 32.2. The van der Waals surface area contributed by atoms with Gasteiger partial charge >= 0.3 is 0 Å². The van der Waals surface area contributed by atoms with Crippen LogP contribution in [-0.2, 0) is 16.6 Å². The van der Waals surface area contributed by atoms with Crippen LogP contribution in [0.2, 0.25) is 0 Å². The van der Waals surface area contributed by atoms with Crippen molar-refractivity contribution in [3.63, 3.8) is 0 Å². The number of sulfonamides is 1. The molecule has 2 aliphatic heterocycles. The second-order valence-electron chi connectivity index (χ2n) is 5.80. The number of piperidine rings is 1. The second kappa shape index (κ2) is 5.02. The number of benzene rings is 1. The lowest BCUT2D eigenvalue weighted by Gasteiger charge is -2.31. The average Bonchev–Trinajstić information content (AvgIpc) is 2.85. The smallest absolute Gasteiger partial charge is 0.211 e. The van der Waals surface area contributed by atoms with Crippen LogP contribution in [0.15, 0.2) is 12.1 Å². The molecule has 0 atom stereocenters. The fraction of sp³-hybridized carbons (Fsp3) is 0.571. The van der Waals surface area contributed by atoms with Crippen molar-refractivity contribution in [2.24, 2.45) is 0 Å². The van der Waals surface area contributed by atoms with Gasteiger partial charge in [0.15, 0.2) is 0 Å². The molecule has 0 unspecified atom stereocenters. The number of nitrogens with one attached hydrogen (secondary N) is 2. The third-order valence-corrected chi connectivity index (χ3v) is 5.58. The SMILES string of the molecule is Cc1cc2c(c(C3CCN(S(C)(=O)=O)CC3)c1)CNN2. The standard InChI is InChI=1S/C14H21N3O2S/c1-10-7-12(13-9-15-16-14(13)8-10)11-3-5-17(6-4-11)20(2,18)19/h7-8,11,15-16H,3-6,9H2,1-2H3. The Balaban J connectivity index is 1.82. The van der Waals surface area contributed by atoms with Crippen molar-refractivity contribution in [2.75, 3.05) is 24.8 Å². The van der Waals surface area contributed by atoms with E-state index in [-0.39, 0.29) is 0 Å². The summed E-state index contributed by atoms with van der Waals surface area (Å²) in [6, 6.07) is 4.42. The third kappa shape index (κ3) is 2.55. The molecule has 1 fully saturated rings. The van der Waals surface area contributed by atoms with E-state index >= 15 is 0 Å². The van der Waals surface area contributed by atoms with Gasteiger partial charge in [-0.25, -0.2) is 18.1 Å². The summed E-state index contributed by atoms with van der Waals surface area (Å²) in [5, 5.41) is 0. The summed E-state index contributed by atoms with van der Waals surface area (Å²) in [4.78, 5) is 0. The van der Waals surface area contributed by atoms with Gasteiger partial charge in [0.2, 0.25) is 10.0 Å². The highest BCUT2D eigenvalue weighted by molar-refractivity contribution is 7.88. The van der Waals surface area contributed by atoms with Crippen LogP contribution in [-0.4, -0.2) is 32.1 Å². The van der Waals surface area contributed by atoms with Gasteiger partial charge in [0, 0.05) is 19.6 Å². The van der Waals surface area contributed by atoms with Crippen LogP contribution in [0.25, 0.3) is 0 Å². The molecule has 0 spiro atoms. The molecule has 0 aliphatic carbocycles. The number of hydrogen-bond donors (Lipinski definition) is 2. The lowest BCUT2D eigenvalue weighted by molar-refractivity contribution is 0.321. The molecule has 0 bridgehead atoms. The van der Waals surface area contributed by atoms with Crippen molar-refractivity contribution >= 4 is 15.7 Å². The van der Waals surface area contributed by atoms with E-state index in [1.807, 2.05) is 0 Å². The maximum Gasteiger partial charge on any atom is 0.211 e. The first-order chi connectivity index (χ1) is 9.45. The van der Waals surface area contributed by atoms with E-state index in [1.165, 1.54) is 28.6 Å². The molecular formula is C14H21N3O2S. The van der Waals surface area contributed by atoms with Gasteiger partial charge in [-0.1, -0.05) is 6.07 Å². The van der Waals surface area contributed by atoms with Gasteiger partial charge in [0.25, 0.3) is 0 Å². The third-order valence-electron chi connectivity index (χ3n) is 4.28. The predicted molar refractivity (Wildman–Crippen MR) is 80.0 cm³/mol. The molecule has 1 saturated heterocycles. The number of aryl methyl sites for hydroxylation is 1. The lowest BCUT2D eigenvalue weighted by Crippen LogP contribution is -2.37. The first kappa shape index (κ1) is 13.9. The van der Waals surface area contributed by atoms with Crippen molar-refractivity contribution in [1.29, 1.82) is 0 Å². The molecule has 2 aliphatic rings. The number of hydrazine groups is 1. The Morgan fingerprint density at radius 3 is 2.60 bits per heavy atom. The fourth-order valence-corrected chi connectivity index (χ4v) is 4.12. The molecule has 110 valence electrons. The number of fused-ring (bicyclic) bond motifs is 1. The van der Waals surface area contributed by atoms with Gasteiger partial charge < -0.3 is 5.43 Å². The lowest BCUT2D eigenvalue weighted by atomic mass is 9.86.